The Morgan fingerprint density at radius 2 is 2.04 bits per heavy atom. The number of anilines is 1. The number of fused-ring (bicyclic) bond motifs is 1. The van der Waals surface area contributed by atoms with Crippen LogP contribution in [0.25, 0.3) is 0 Å². The molecule has 27 heavy (non-hydrogen) atoms. The van der Waals surface area contributed by atoms with Crippen LogP contribution in [0.2, 0.25) is 0 Å². The zero-order chi connectivity index (χ0) is 19.2. The summed E-state index contributed by atoms with van der Waals surface area (Å²) in [6, 6.07) is 6.99. The van der Waals surface area contributed by atoms with E-state index in [1.54, 1.807) is 11.3 Å². The molecule has 0 saturated carbocycles. The van der Waals surface area contributed by atoms with Gasteiger partial charge < -0.3 is 19.5 Å². The highest BCUT2D eigenvalue weighted by Crippen LogP contribution is 2.37. The lowest BCUT2D eigenvalue weighted by molar-refractivity contribution is -0.144. The molecule has 2 heterocycles. The molecule has 1 aromatic carbocycles. The average Bonchev–Trinajstić information content (AvgIpc) is 3.30. The van der Waals surface area contributed by atoms with Crippen molar-refractivity contribution in [3.05, 3.63) is 40.1 Å². The minimum Gasteiger partial charge on any atom is -0.455 e. The number of rotatable bonds is 8. The Morgan fingerprint density at radius 1 is 1.26 bits per heavy atom. The second-order valence-electron chi connectivity index (χ2n) is 5.59. The summed E-state index contributed by atoms with van der Waals surface area (Å²) in [4.78, 5) is 36.8. The fourth-order valence-electron chi connectivity index (χ4n) is 2.34. The smallest absolute Gasteiger partial charge is 0.316 e. The van der Waals surface area contributed by atoms with Gasteiger partial charge in [0.15, 0.2) is 23.9 Å². The van der Waals surface area contributed by atoms with Crippen molar-refractivity contribution in [1.82, 2.24) is 0 Å². The highest BCUT2D eigenvalue weighted by Gasteiger charge is 2.20. The normalized spacial score (nSPS) is 11.9. The van der Waals surface area contributed by atoms with E-state index >= 15 is 0 Å². The monoisotopic (exact) mass is 407 g/mol. The second kappa shape index (κ2) is 8.92. The molecular weight excluding hydrogens is 390 g/mol. The van der Waals surface area contributed by atoms with Crippen LogP contribution in [-0.2, 0) is 20.1 Å². The molecule has 0 aliphatic carbocycles. The molecule has 7 nitrogen and oxygen atoms in total. The number of thiophene rings is 1. The first kappa shape index (κ1) is 19.2. The fraction of sp³-hybridized carbons (Fsp3) is 0.278. The minimum atomic E-state index is -0.534. The number of ketones is 1. The van der Waals surface area contributed by atoms with Gasteiger partial charge in [-0.25, -0.2) is 0 Å². The number of thioether (sulfide) groups is 1. The van der Waals surface area contributed by atoms with Crippen LogP contribution in [0.3, 0.4) is 0 Å². The Bertz CT molecular complexity index is 850. The third kappa shape index (κ3) is 5.24. The van der Waals surface area contributed by atoms with Crippen LogP contribution in [0, 0.1) is 0 Å². The van der Waals surface area contributed by atoms with E-state index in [0.29, 0.717) is 22.7 Å². The van der Waals surface area contributed by atoms with Crippen molar-refractivity contribution < 1.29 is 28.6 Å². The SMILES string of the molecule is CC(=O)c1cc2c(cc1NC(=O)COC(=O)CSCc1cccs1)OCO2. The van der Waals surface area contributed by atoms with Crippen LogP contribution in [0.1, 0.15) is 22.2 Å². The zero-order valence-electron chi connectivity index (χ0n) is 14.5. The maximum atomic E-state index is 12.1. The number of hydrogen-bond acceptors (Lipinski definition) is 8. The molecular formula is C18H17NO6S2. The summed E-state index contributed by atoms with van der Waals surface area (Å²) < 4.78 is 15.5. The quantitative estimate of drug-likeness (QED) is 0.531. The molecule has 1 aliphatic rings. The summed E-state index contributed by atoms with van der Waals surface area (Å²) in [7, 11) is 0. The zero-order valence-corrected chi connectivity index (χ0v) is 16.1. The lowest BCUT2D eigenvalue weighted by atomic mass is 10.1. The molecule has 1 N–H and O–H groups in total. The number of ether oxygens (including phenoxy) is 3. The number of esters is 1. The maximum absolute atomic E-state index is 12.1. The summed E-state index contributed by atoms with van der Waals surface area (Å²) in [5.41, 5.74) is 0.588. The van der Waals surface area contributed by atoms with Crippen molar-refractivity contribution in [2.45, 2.75) is 12.7 Å². The molecule has 3 rings (SSSR count). The van der Waals surface area contributed by atoms with E-state index in [1.165, 1.54) is 35.7 Å². The van der Waals surface area contributed by atoms with Gasteiger partial charge in [0, 0.05) is 22.3 Å². The standard InChI is InChI=1S/C18H17NO6S2/c1-11(20)13-5-15-16(25-10-24-15)6-14(13)19-17(21)7-23-18(22)9-26-8-12-3-2-4-27-12/h2-6H,7-10H2,1H3,(H,19,21). The molecule has 0 spiro atoms. The lowest BCUT2D eigenvalue weighted by Crippen LogP contribution is -2.22. The first-order valence-electron chi connectivity index (χ1n) is 8.03. The number of carbonyl (C=O) groups is 3. The molecule has 2 aromatic rings. The minimum absolute atomic E-state index is 0.0603. The molecule has 0 fully saturated rings. The molecule has 0 atom stereocenters. The van der Waals surface area contributed by atoms with Crippen molar-refractivity contribution in [2.75, 3.05) is 24.5 Å². The number of nitrogens with one attached hydrogen (secondary N) is 1. The summed E-state index contributed by atoms with van der Waals surface area (Å²) >= 11 is 3.05. The van der Waals surface area contributed by atoms with Gasteiger partial charge in [-0.3, -0.25) is 14.4 Å². The van der Waals surface area contributed by atoms with Gasteiger partial charge in [-0.15, -0.1) is 23.1 Å². The van der Waals surface area contributed by atoms with Crippen LogP contribution in [0.15, 0.2) is 29.6 Å². The van der Waals surface area contributed by atoms with Gasteiger partial charge in [-0.05, 0) is 24.4 Å². The molecule has 1 amide bonds. The molecule has 0 saturated heterocycles. The van der Waals surface area contributed by atoms with Gasteiger partial charge in [0.2, 0.25) is 6.79 Å². The lowest BCUT2D eigenvalue weighted by Gasteiger charge is -2.11. The molecule has 1 aromatic heterocycles. The average molecular weight is 407 g/mol. The van der Waals surface area contributed by atoms with E-state index in [-0.39, 0.29) is 18.3 Å². The van der Waals surface area contributed by atoms with Gasteiger partial charge in [0.05, 0.1) is 11.4 Å². The molecule has 0 radical (unpaired) electrons. The van der Waals surface area contributed by atoms with E-state index < -0.39 is 18.5 Å². The van der Waals surface area contributed by atoms with Gasteiger partial charge in [0.25, 0.3) is 5.91 Å². The predicted molar refractivity (Wildman–Crippen MR) is 103 cm³/mol. The van der Waals surface area contributed by atoms with Crippen LogP contribution >= 0.6 is 23.1 Å². The van der Waals surface area contributed by atoms with Crippen molar-refractivity contribution in [3.63, 3.8) is 0 Å². The highest BCUT2D eigenvalue weighted by atomic mass is 32.2. The number of Topliss-reactive ketones (excluding diaryl/α,β-unsaturated/α-hetero) is 1. The van der Waals surface area contributed by atoms with Crippen molar-refractivity contribution in [2.24, 2.45) is 0 Å². The first-order valence-corrected chi connectivity index (χ1v) is 10.1. The van der Waals surface area contributed by atoms with Crippen LogP contribution in [0.5, 0.6) is 11.5 Å². The van der Waals surface area contributed by atoms with Crippen LogP contribution < -0.4 is 14.8 Å². The molecule has 0 unspecified atom stereocenters. The topological polar surface area (TPSA) is 90.9 Å². The molecule has 0 bridgehead atoms. The van der Waals surface area contributed by atoms with Crippen molar-refractivity contribution in [1.29, 1.82) is 0 Å². The second-order valence-corrected chi connectivity index (χ2v) is 7.61. The van der Waals surface area contributed by atoms with Crippen molar-refractivity contribution >= 4 is 46.4 Å². The Kier molecular flexibility index (Phi) is 6.36. The van der Waals surface area contributed by atoms with Gasteiger partial charge in [0.1, 0.15) is 0 Å². The van der Waals surface area contributed by atoms with E-state index in [9.17, 15) is 14.4 Å². The Balaban J connectivity index is 1.49. The number of benzene rings is 1. The Morgan fingerprint density at radius 3 is 2.74 bits per heavy atom. The van der Waals surface area contributed by atoms with Crippen LogP contribution in [-0.4, -0.2) is 36.8 Å². The van der Waals surface area contributed by atoms with E-state index in [4.69, 9.17) is 14.2 Å². The Labute approximate surface area is 164 Å². The van der Waals surface area contributed by atoms with E-state index in [1.807, 2.05) is 17.5 Å². The van der Waals surface area contributed by atoms with Gasteiger partial charge in [-0.2, -0.15) is 0 Å². The van der Waals surface area contributed by atoms with Crippen LogP contribution in [0.4, 0.5) is 5.69 Å². The van der Waals surface area contributed by atoms with Gasteiger partial charge in [-0.1, -0.05) is 6.07 Å². The third-order valence-corrected chi connectivity index (χ3v) is 5.59. The molecule has 142 valence electrons. The van der Waals surface area contributed by atoms with Gasteiger partial charge >= 0.3 is 5.97 Å². The first-order chi connectivity index (χ1) is 13.0. The Hall–Kier alpha value is -2.52. The summed E-state index contributed by atoms with van der Waals surface area (Å²) in [6.07, 6.45) is 0. The largest absolute Gasteiger partial charge is 0.455 e. The highest BCUT2D eigenvalue weighted by molar-refractivity contribution is 7.99. The number of hydrogen-bond donors (Lipinski definition) is 1. The molecule has 1 aliphatic heterocycles. The van der Waals surface area contributed by atoms with E-state index in [0.717, 1.165) is 5.75 Å². The third-order valence-electron chi connectivity index (χ3n) is 3.57. The maximum Gasteiger partial charge on any atom is 0.316 e. The predicted octanol–water partition coefficient (Wildman–Crippen LogP) is 3.09. The number of carbonyl (C=O) groups excluding carboxylic acids is 3. The summed E-state index contributed by atoms with van der Waals surface area (Å²) in [5.74, 6) is 0.541. The summed E-state index contributed by atoms with van der Waals surface area (Å²) in [5, 5.41) is 4.55. The van der Waals surface area contributed by atoms with E-state index in [2.05, 4.69) is 5.32 Å². The van der Waals surface area contributed by atoms with Crippen molar-refractivity contribution in [3.8, 4) is 11.5 Å². The number of amides is 1. The fourth-order valence-corrected chi connectivity index (χ4v) is 4.00. The summed E-state index contributed by atoms with van der Waals surface area (Å²) in [6.45, 7) is 1.02. The molecule has 9 heteroatoms.